The van der Waals surface area contributed by atoms with Crippen LogP contribution in [0.25, 0.3) is 0 Å². The first-order valence-corrected chi connectivity index (χ1v) is 14.8. The van der Waals surface area contributed by atoms with Gasteiger partial charge in [0.05, 0.1) is 18.7 Å². The SMILES string of the molecule is CCCCN(CCCCN)C(=O)CN1C[C@H](c2ccc3c(c2)OCO3)C(C(=O)O)[C@@H]1CCNS(C)(=O)=O. The zero-order chi connectivity index (χ0) is 27.0. The molecule has 4 N–H and O–H groups in total. The number of carboxylic acids is 1. The first-order valence-electron chi connectivity index (χ1n) is 12.9. The molecule has 1 fully saturated rings. The zero-order valence-electron chi connectivity index (χ0n) is 21.7. The fourth-order valence-corrected chi connectivity index (χ4v) is 5.65. The third-order valence-electron chi connectivity index (χ3n) is 7.02. The summed E-state index contributed by atoms with van der Waals surface area (Å²) in [6, 6.07) is 4.89. The number of hydrogen-bond acceptors (Lipinski definition) is 8. The maximum Gasteiger partial charge on any atom is 0.308 e. The fraction of sp³-hybridized carbons (Fsp3) is 0.680. The summed E-state index contributed by atoms with van der Waals surface area (Å²) in [7, 11) is -3.43. The molecule has 2 heterocycles. The van der Waals surface area contributed by atoms with Crippen molar-refractivity contribution in [2.75, 3.05) is 52.3 Å². The molecule has 1 aromatic carbocycles. The fourth-order valence-electron chi connectivity index (χ4n) is 5.16. The maximum atomic E-state index is 13.4. The number of rotatable bonds is 15. The van der Waals surface area contributed by atoms with Crippen LogP contribution in [0.15, 0.2) is 18.2 Å². The van der Waals surface area contributed by atoms with Crippen LogP contribution in [0.2, 0.25) is 0 Å². The van der Waals surface area contributed by atoms with E-state index in [1.165, 1.54) is 0 Å². The summed E-state index contributed by atoms with van der Waals surface area (Å²) in [6.07, 6.45) is 4.81. The molecule has 1 unspecified atom stereocenters. The molecule has 3 atom stereocenters. The lowest BCUT2D eigenvalue weighted by Gasteiger charge is -2.29. The van der Waals surface area contributed by atoms with Crippen molar-refractivity contribution < 1.29 is 32.6 Å². The second kappa shape index (κ2) is 13.4. The summed E-state index contributed by atoms with van der Waals surface area (Å²) < 4.78 is 36.7. The highest BCUT2D eigenvalue weighted by atomic mass is 32.2. The minimum Gasteiger partial charge on any atom is -0.481 e. The molecule has 1 saturated heterocycles. The Hall–Kier alpha value is -2.41. The molecule has 0 aliphatic carbocycles. The lowest BCUT2D eigenvalue weighted by Crippen LogP contribution is -2.45. The number of nitrogens with two attached hydrogens (primary N) is 1. The van der Waals surface area contributed by atoms with E-state index < -0.39 is 33.9 Å². The second-order valence-electron chi connectivity index (χ2n) is 9.77. The van der Waals surface area contributed by atoms with Crippen molar-refractivity contribution in [3.8, 4) is 11.5 Å². The van der Waals surface area contributed by atoms with E-state index in [0.29, 0.717) is 37.7 Å². The van der Waals surface area contributed by atoms with E-state index in [0.717, 1.165) is 37.5 Å². The Bertz CT molecular complexity index is 1040. The molecule has 2 aliphatic heterocycles. The van der Waals surface area contributed by atoms with E-state index in [1.54, 1.807) is 12.1 Å². The van der Waals surface area contributed by atoms with Crippen molar-refractivity contribution in [2.24, 2.45) is 11.7 Å². The Morgan fingerprint density at radius 1 is 1.19 bits per heavy atom. The van der Waals surface area contributed by atoms with Crippen LogP contribution in [0.3, 0.4) is 0 Å². The van der Waals surface area contributed by atoms with Crippen LogP contribution in [0, 0.1) is 5.92 Å². The quantitative estimate of drug-likeness (QED) is 0.279. The second-order valence-corrected chi connectivity index (χ2v) is 11.6. The van der Waals surface area contributed by atoms with Crippen molar-refractivity contribution in [1.29, 1.82) is 0 Å². The minimum absolute atomic E-state index is 0.0537. The Labute approximate surface area is 219 Å². The van der Waals surface area contributed by atoms with Crippen molar-refractivity contribution in [1.82, 2.24) is 14.5 Å². The van der Waals surface area contributed by atoms with Crippen LogP contribution in [0.5, 0.6) is 11.5 Å². The third kappa shape index (κ3) is 8.03. The normalized spacial score (nSPS) is 21.3. The van der Waals surface area contributed by atoms with Crippen molar-refractivity contribution >= 4 is 21.9 Å². The number of ether oxygens (including phenoxy) is 2. The smallest absolute Gasteiger partial charge is 0.308 e. The highest BCUT2D eigenvalue weighted by Gasteiger charge is 2.47. The summed E-state index contributed by atoms with van der Waals surface area (Å²) >= 11 is 0. The van der Waals surface area contributed by atoms with Gasteiger partial charge < -0.3 is 25.2 Å². The van der Waals surface area contributed by atoms with Crippen LogP contribution in [0.4, 0.5) is 0 Å². The number of unbranched alkanes of at least 4 members (excludes halogenated alkanes) is 2. The number of aliphatic carboxylic acids is 1. The Morgan fingerprint density at radius 3 is 2.59 bits per heavy atom. The Morgan fingerprint density at radius 2 is 1.92 bits per heavy atom. The highest BCUT2D eigenvalue weighted by molar-refractivity contribution is 7.88. The molecule has 208 valence electrons. The first kappa shape index (κ1) is 29.2. The van der Waals surface area contributed by atoms with Gasteiger partial charge >= 0.3 is 5.97 Å². The van der Waals surface area contributed by atoms with Crippen LogP contribution >= 0.6 is 0 Å². The largest absolute Gasteiger partial charge is 0.481 e. The molecule has 37 heavy (non-hydrogen) atoms. The van der Waals surface area contributed by atoms with E-state index in [-0.39, 0.29) is 32.2 Å². The zero-order valence-corrected chi connectivity index (χ0v) is 22.5. The molecule has 0 aromatic heterocycles. The number of likely N-dealkylation sites (tertiary alicyclic amines) is 1. The van der Waals surface area contributed by atoms with Crippen molar-refractivity contribution in [3.05, 3.63) is 23.8 Å². The predicted molar refractivity (Wildman–Crippen MR) is 139 cm³/mol. The summed E-state index contributed by atoms with van der Waals surface area (Å²) in [5.41, 5.74) is 6.42. The van der Waals surface area contributed by atoms with Gasteiger partial charge in [0, 0.05) is 38.1 Å². The first-order chi connectivity index (χ1) is 17.6. The van der Waals surface area contributed by atoms with Gasteiger partial charge in [-0.3, -0.25) is 14.5 Å². The Kier molecular flexibility index (Phi) is 10.6. The third-order valence-corrected chi connectivity index (χ3v) is 7.75. The van der Waals surface area contributed by atoms with E-state index >= 15 is 0 Å². The maximum absolute atomic E-state index is 13.4. The number of hydrogen-bond donors (Lipinski definition) is 3. The van der Waals surface area contributed by atoms with Gasteiger partial charge in [-0.15, -0.1) is 0 Å². The van der Waals surface area contributed by atoms with E-state index in [4.69, 9.17) is 15.2 Å². The summed E-state index contributed by atoms with van der Waals surface area (Å²) in [5.74, 6) is -1.08. The number of fused-ring (bicyclic) bond motifs is 1. The molecule has 0 bridgehead atoms. The monoisotopic (exact) mass is 540 g/mol. The average Bonchev–Trinajstić information content (AvgIpc) is 3.44. The summed E-state index contributed by atoms with van der Waals surface area (Å²) in [6.45, 7) is 4.51. The molecule has 2 aliphatic rings. The summed E-state index contributed by atoms with van der Waals surface area (Å²) in [4.78, 5) is 29.7. The van der Waals surface area contributed by atoms with Gasteiger partial charge in [-0.2, -0.15) is 0 Å². The molecule has 0 radical (unpaired) electrons. The lowest BCUT2D eigenvalue weighted by atomic mass is 9.84. The number of amides is 1. The molecule has 12 heteroatoms. The average molecular weight is 541 g/mol. The molecule has 11 nitrogen and oxygen atoms in total. The van der Waals surface area contributed by atoms with Gasteiger partial charge in [0.2, 0.25) is 22.7 Å². The molecule has 0 saturated carbocycles. The molecular weight excluding hydrogens is 500 g/mol. The molecular formula is C25H40N4O7S. The topological polar surface area (TPSA) is 152 Å². The highest BCUT2D eigenvalue weighted by Crippen LogP contribution is 2.42. The predicted octanol–water partition coefficient (Wildman–Crippen LogP) is 1.19. The van der Waals surface area contributed by atoms with Crippen LogP contribution < -0.4 is 19.9 Å². The molecule has 3 rings (SSSR count). The van der Waals surface area contributed by atoms with E-state index in [9.17, 15) is 23.1 Å². The number of carbonyl (C=O) groups excluding carboxylic acids is 1. The number of nitrogens with one attached hydrogen (secondary N) is 1. The van der Waals surface area contributed by atoms with E-state index in [2.05, 4.69) is 11.6 Å². The van der Waals surface area contributed by atoms with Gasteiger partial charge in [-0.05, 0) is 49.9 Å². The molecule has 1 aromatic rings. The standard InChI is InChI=1S/C25H40N4O7S/c1-3-4-12-28(13-6-5-10-26)23(30)16-29-15-19(18-7-8-21-22(14-18)36-17-35-21)24(25(31)32)20(29)9-11-27-37(2,33)34/h7-8,14,19-20,24,27H,3-6,9-13,15-17,26H2,1-2H3,(H,31,32)/t19-,20+,24?/m1/s1. The van der Waals surface area contributed by atoms with E-state index in [1.807, 2.05) is 15.9 Å². The van der Waals surface area contributed by atoms with Gasteiger partial charge in [0.1, 0.15) is 0 Å². The number of sulfonamides is 1. The van der Waals surface area contributed by atoms with Crippen molar-refractivity contribution in [2.45, 2.75) is 51.0 Å². The number of benzene rings is 1. The van der Waals surface area contributed by atoms with Gasteiger partial charge in [-0.25, -0.2) is 13.1 Å². The number of carbonyl (C=O) groups is 2. The minimum atomic E-state index is -3.43. The van der Waals surface area contributed by atoms with Gasteiger partial charge in [-0.1, -0.05) is 19.4 Å². The molecule has 0 spiro atoms. The van der Waals surface area contributed by atoms with Crippen LogP contribution in [-0.4, -0.2) is 93.6 Å². The van der Waals surface area contributed by atoms with Gasteiger partial charge in [0.15, 0.2) is 11.5 Å². The number of nitrogens with zero attached hydrogens (tertiary/aromatic N) is 2. The van der Waals surface area contributed by atoms with Gasteiger partial charge in [0.25, 0.3) is 0 Å². The van der Waals surface area contributed by atoms with Crippen molar-refractivity contribution in [3.63, 3.8) is 0 Å². The van der Waals surface area contributed by atoms with Crippen LogP contribution in [-0.2, 0) is 19.6 Å². The van der Waals surface area contributed by atoms with Crippen LogP contribution in [0.1, 0.15) is 50.5 Å². The summed E-state index contributed by atoms with van der Waals surface area (Å²) in [5, 5.41) is 10.3. The molecule has 1 amide bonds. The number of carboxylic acid groups (broad SMARTS) is 1. The lowest BCUT2D eigenvalue weighted by molar-refractivity contribution is -0.143. The Balaban J connectivity index is 1.84.